The fourth-order valence-electron chi connectivity index (χ4n) is 9.05. The molecule has 11 rings (SSSR count). The molecule has 0 N–H and O–H groups in total. The molecule has 0 amide bonds. The molecule has 0 atom stereocenters. The van der Waals surface area contributed by atoms with Crippen molar-refractivity contribution in [2.24, 2.45) is 0 Å². The highest BCUT2D eigenvalue weighted by Crippen LogP contribution is 2.44. The molecule has 0 aliphatic heterocycles. The summed E-state index contributed by atoms with van der Waals surface area (Å²) >= 11 is 0. The number of hydrogen-bond acceptors (Lipinski definition) is 1. The average molecular weight is 765 g/mol. The molecule has 0 aliphatic carbocycles. The van der Waals surface area contributed by atoms with Crippen LogP contribution in [0, 0.1) is 0 Å². The summed E-state index contributed by atoms with van der Waals surface area (Å²) in [5.41, 5.74) is 16.4. The van der Waals surface area contributed by atoms with Gasteiger partial charge in [0.1, 0.15) is 0 Å². The third kappa shape index (κ3) is 6.23. The molecule has 10 aromatic carbocycles. The van der Waals surface area contributed by atoms with Crippen molar-refractivity contribution in [1.29, 1.82) is 0 Å². The maximum Gasteiger partial charge on any atom is 0.0547 e. The van der Waals surface area contributed by atoms with Gasteiger partial charge in [0.2, 0.25) is 0 Å². The lowest BCUT2D eigenvalue weighted by Gasteiger charge is -2.27. The maximum absolute atomic E-state index is 2.39. The van der Waals surface area contributed by atoms with Crippen molar-refractivity contribution in [2.45, 2.75) is 0 Å². The van der Waals surface area contributed by atoms with Gasteiger partial charge in [0.05, 0.1) is 11.0 Å². The molecule has 0 fully saturated rings. The Hall–Kier alpha value is -7.94. The number of fused-ring (bicyclic) bond motifs is 4. The molecule has 0 bridgehead atoms. The molecule has 1 heterocycles. The second kappa shape index (κ2) is 15.1. The van der Waals surface area contributed by atoms with Crippen LogP contribution in [0.25, 0.3) is 82.8 Å². The Morgan fingerprint density at radius 3 is 1.62 bits per heavy atom. The van der Waals surface area contributed by atoms with Gasteiger partial charge in [-0.3, -0.25) is 0 Å². The first-order valence-corrected chi connectivity index (χ1v) is 20.6. The SMILES string of the molecule is c1ccc(-c2cccc(N(c3ccc(-c4cccc5ccccc45)cc3)c3cccc(-c4ccccc4-c4cccc5c4c4ccccc4n5-c4ccccc4)c3)c2)cc1. The predicted molar refractivity (Wildman–Crippen MR) is 255 cm³/mol. The van der Waals surface area contributed by atoms with Crippen LogP contribution in [0.2, 0.25) is 0 Å². The van der Waals surface area contributed by atoms with Crippen molar-refractivity contribution in [3.8, 4) is 50.2 Å². The molecular weight excluding hydrogens is 725 g/mol. The Balaban J connectivity index is 1.06. The maximum atomic E-state index is 2.39. The van der Waals surface area contributed by atoms with Crippen molar-refractivity contribution < 1.29 is 0 Å². The van der Waals surface area contributed by atoms with Gasteiger partial charge in [0.25, 0.3) is 0 Å². The fourth-order valence-corrected chi connectivity index (χ4v) is 9.05. The Kier molecular flexibility index (Phi) is 8.87. The Morgan fingerprint density at radius 1 is 0.283 bits per heavy atom. The summed E-state index contributed by atoms with van der Waals surface area (Å²) < 4.78 is 2.39. The van der Waals surface area contributed by atoms with Crippen LogP contribution in [-0.2, 0) is 0 Å². The highest BCUT2D eigenvalue weighted by atomic mass is 15.1. The minimum atomic E-state index is 1.09. The molecule has 0 unspecified atom stereocenters. The van der Waals surface area contributed by atoms with Crippen molar-refractivity contribution in [2.75, 3.05) is 4.90 Å². The third-order valence-electron chi connectivity index (χ3n) is 11.8. The molecular formula is C58H40N2. The van der Waals surface area contributed by atoms with E-state index in [4.69, 9.17) is 0 Å². The van der Waals surface area contributed by atoms with Crippen molar-refractivity contribution >= 4 is 49.6 Å². The topological polar surface area (TPSA) is 8.17 Å². The van der Waals surface area contributed by atoms with Crippen LogP contribution in [-0.4, -0.2) is 4.57 Å². The van der Waals surface area contributed by atoms with E-state index in [9.17, 15) is 0 Å². The summed E-state index contributed by atoms with van der Waals surface area (Å²) in [4.78, 5) is 2.39. The Bertz CT molecular complexity index is 3300. The van der Waals surface area contributed by atoms with Crippen molar-refractivity contribution in [1.82, 2.24) is 4.57 Å². The number of benzene rings is 10. The van der Waals surface area contributed by atoms with Crippen LogP contribution >= 0.6 is 0 Å². The summed E-state index contributed by atoms with van der Waals surface area (Å²) in [5, 5.41) is 5.00. The molecule has 2 nitrogen and oxygen atoms in total. The molecule has 60 heavy (non-hydrogen) atoms. The van der Waals surface area contributed by atoms with Gasteiger partial charge in [-0.05, 0) is 116 Å². The zero-order valence-corrected chi connectivity index (χ0v) is 33.0. The third-order valence-corrected chi connectivity index (χ3v) is 11.8. The predicted octanol–water partition coefficient (Wildman–Crippen LogP) is 16.1. The van der Waals surface area contributed by atoms with Gasteiger partial charge in [-0.25, -0.2) is 0 Å². The first-order valence-electron chi connectivity index (χ1n) is 20.6. The van der Waals surface area contributed by atoms with E-state index in [1.54, 1.807) is 0 Å². The summed E-state index contributed by atoms with van der Waals surface area (Å²) in [7, 11) is 0. The normalized spacial score (nSPS) is 11.3. The molecule has 282 valence electrons. The minimum Gasteiger partial charge on any atom is -0.310 e. The van der Waals surface area contributed by atoms with E-state index >= 15 is 0 Å². The largest absolute Gasteiger partial charge is 0.310 e. The number of para-hydroxylation sites is 2. The first-order chi connectivity index (χ1) is 29.8. The molecule has 2 heteroatoms. The van der Waals surface area contributed by atoms with Crippen molar-refractivity contribution in [3.63, 3.8) is 0 Å². The molecule has 1 aromatic heterocycles. The number of hydrogen-bond donors (Lipinski definition) is 0. The van der Waals surface area contributed by atoms with Gasteiger partial charge >= 0.3 is 0 Å². The van der Waals surface area contributed by atoms with Gasteiger partial charge in [0, 0.05) is 33.5 Å². The van der Waals surface area contributed by atoms with E-state index in [2.05, 4.69) is 252 Å². The highest BCUT2D eigenvalue weighted by Gasteiger charge is 2.20. The fraction of sp³-hybridized carbons (Fsp3) is 0. The Labute approximate surface area is 350 Å². The lowest BCUT2D eigenvalue weighted by Crippen LogP contribution is -2.10. The van der Waals surface area contributed by atoms with E-state index in [0.717, 1.165) is 28.3 Å². The van der Waals surface area contributed by atoms with E-state index < -0.39 is 0 Å². The van der Waals surface area contributed by atoms with Gasteiger partial charge in [0.15, 0.2) is 0 Å². The lowest BCUT2D eigenvalue weighted by molar-refractivity contribution is 1.18. The second-order valence-corrected chi connectivity index (χ2v) is 15.3. The summed E-state index contributed by atoms with van der Waals surface area (Å²) in [6.45, 7) is 0. The summed E-state index contributed by atoms with van der Waals surface area (Å²) in [6, 6.07) is 87.8. The smallest absolute Gasteiger partial charge is 0.0547 e. The van der Waals surface area contributed by atoms with Crippen LogP contribution in [0.1, 0.15) is 0 Å². The number of anilines is 3. The lowest BCUT2D eigenvalue weighted by atomic mass is 9.91. The number of nitrogens with zero attached hydrogens (tertiary/aromatic N) is 2. The molecule has 0 aliphatic rings. The molecule has 0 saturated carbocycles. The van der Waals surface area contributed by atoms with E-state index in [1.165, 1.54) is 71.5 Å². The minimum absolute atomic E-state index is 1.09. The van der Waals surface area contributed by atoms with E-state index in [-0.39, 0.29) is 0 Å². The van der Waals surface area contributed by atoms with Gasteiger partial charge < -0.3 is 9.47 Å². The van der Waals surface area contributed by atoms with Crippen LogP contribution in [0.15, 0.2) is 243 Å². The van der Waals surface area contributed by atoms with Gasteiger partial charge in [-0.2, -0.15) is 0 Å². The monoisotopic (exact) mass is 764 g/mol. The average Bonchev–Trinajstić information content (AvgIpc) is 3.67. The standard InChI is InChI=1S/C58H40N2/c1-3-17-41(18-4-1)44-21-13-25-48(39-44)59(47-37-35-43(36-38-47)51-31-15-20-42-19-7-8-27-50(42)51)49-26-14-22-45(40-49)52-28-9-10-29-53(52)54-32-16-34-57-58(54)55-30-11-12-33-56(55)60(57)46-23-5-2-6-24-46/h1-40H. The highest BCUT2D eigenvalue weighted by molar-refractivity contribution is 6.16. The quantitative estimate of drug-likeness (QED) is 0.150. The van der Waals surface area contributed by atoms with Gasteiger partial charge in [-0.15, -0.1) is 0 Å². The van der Waals surface area contributed by atoms with Crippen LogP contribution in [0.4, 0.5) is 17.1 Å². The van der Waals surface area contributed by atoms with E-state index in [1.807, 2.05) is 0 Å². The Morgan fingerprint density at radius 2 is 0.817 bits per heavy atom. The van der Waals surface area contributed by atoms with Crippen LogP contribution in [0.3, 0.4) is 0 Å². The van der Waals surface area contributed by atoms with Crippen LogP contribution < -0.4 is 4.90 Å². The molecule has 0 spiro atoms. The van der Waals surface area contributed by atoms with E-state index in [0.29, 0.717) is 0 Å². The molecule has 0 saturated heterocycles. The second-order valence-electron chi connectivity index (χ2n) is 15.3. The van der Waals surface area contributed by atoms with Crippen LogP contribution in [0.5, 0.6) is 0 Å². The zero-order chi connectivity index (χ0) is 39.8. The van der Waals surface area contributed by atoms with Gasteiger partial charge in [-0.1, -0.05) is 182 Å². The number of rotatable bonds is 8. The zero-order valence-electron chi connectivity index (χ0n) is 33.0. The summed E-state index contributed by atoms with van der Waals surface area (Å²) in [6.07, 6.45) is 0. The first kappa shape index (κ1) is 35.2. The molecule has 0 radical (unpaired) electrons. The number of aromatic nitrogens is 1. The summed E-state index contributed by atoms with van der Waals surface area (Å²) in [5.74, 6) is 0. The van der Waals surface area contributed by atoms with Crippen molar-refractivity contribution in [3.05, 3.63) is 243 Å². The molecule has 11 aromatic rings.